The molecule has 8 heavy (non-hydrogen) atoms. The second-order valence-corrected chi connectivity index (χ2v) is 3.06. The Morgan fingerprint density at radius 3 is 2.25 bits per heavy atom. The van der Waals surface area contributed by atoms with Gasteiger partial charge in [0.2, 0.25) is 0 Å². The van der Waals surface area contributed by atoms with Gasteiger partial charge in [-0.05, 0) is 12.8 Å². The Balaban J connectivity index is 3.21. The Labute approximate surface area is 52.7 Å². The van der Waals surface area contributed by atoms with E-state index in [0.717, 1.165) is 19.3 Å². The molecule has 0 aliphatic rings. The summed E-state index contributed by atoms with van der Waals surface area (Å²) in [7, 11) is -0.0943. The fourth-order valence-electron chi connectivity index (χ4n) is 0.695. The summed E-state index contributed by atoms with van der Waals surface area (Å²) in [5, 5.41) is 0. The van der Waals surface area contributed by atoms with Gasteiger partial charge in [-0.3, -0.25) is 0 Å². The van der Waals surface area contributed by atoms with Crippen LogP contribution in [0.4, 0.5) is 0 Å². The van der Waals surface area contributed by atoms with Crippen LogP contribution in [0.1, 0.15) is 33.1 Å². The molecule has 0 heterocycles. The Bertz CT molecular complexity index is 63.5. The monoisotopic (exact) mass is 133 g/mol. The highest BCUT2D eigenvalue weighted by Gasteiger charge is 2.09. The summed E-state index contributed by atoms with van der Waals surface area (Å²) in [4.78, 5) is 0. The minimum absolute atomic E-state index is 0.0943. The molecule has 0 aromatic rings. The summed E-state index contributed by atoms with van der Waals surface area (Å²) in [6, 6.07) is 0. The SMILES string of the molecule is CCCC(CC)[PH+]=O. The van der Waals surface area contributed by atoms with Crippen molar-refractivity contribution in [1.29, 1.82) is 0 Å². The molecular formula is C6H14OP+. The van der Waals surface area contributed by atoms with E-state index in [9.17, 15) is 4.57 Å². The Hall–Kier alpha value is 0.100. The van der Waals surface area contributed by atoms with E-state index >= 15 is 0 Å². The number of rotatable bonds is 4. The lowest BCUT2D eigenvalue weighted by atomic mass is 10.2. The van der Waals surface area contributed by atoms with Gasteiger partial charge < -0.3 is 0 Å². The third-order valence-electron chi connectivity index (χ3n) is 1.30. The molecule has 2 heteroatoms. The molecule has 0 fully saturated rings. The molecule has 0 spiro atoms. The van der Waals surface area contributed by atoms with Gasteiger partial charge in [0.15, 0.2) is 5.66 Å². The summed E-state index contributed by atoms with van der Waals surface area (Å²) in [6.45, 7) is 4.22. The highest BCUT2D eigenvalue weighted by molar-refractivity contribution is 7.24. The van der Waals surface area contributed by atoms with Crippen LogP contribution in [0.15, 0.2) is 0 Å². The predicted octanol–water partition coefficient (Wildman–Crippen LogP) is 2.59. The van der Waals surface area contributed by atoms with Gasteiger partial charge in [-0.15, -0.1) is 0 Å². The first-order chi connectivity index (χ1) is 3.85. The maximum atomic E-state index is 10.3. The van der Waals surface area contributed by atoms with Crippen molar-refractivity contribution in [2.24, 2.45) is 0 Å². The lowest BCUT2D eigenvalue weighted by Crippen LogP contribution is -1.93. The van der Waals surface area contributed by atoms with E-state index in [1.807, 2.05) is 0 Å². The van der Waals surface area contributed by atoms with E-state index in [0.29, 0.717) is 5.66 Å². The third kappa shape index (κ3) is 3.15. The molecule has 0 N–H and O–H groups in total. The van der Waals surface area contributed by atoms with E-state index in [1.54, 1.807) is 0 Å². The summed E-state index contributed by atoms with van der Waals surface area (Å²) >= 11 is 0. The minimum atomic E-state index is -0.0943. The van der Waals surface area contributed by atoms with Crippen LogP contribution in [0.5, 0.6) is 0 Å². The molecule has 0 aliphatic carbocycles. The van der Waals surface area contributed by atoms with Crippen LogP contribution in [0.2, 0.25) is 0 Å². The lowest BCUT2D eigenvalue weighted by molar-refractivity contribution is 0.580. The normalized spacial score (nSPS) is 14.2. The van der Waals surface area contributed by atoms with E-state index in [2.05, 4.69) is 13.8 Å². The Morgan fingerprint density at radius 1 is 1.50 bits per heavy atom. The minimum Gasteiger partial charge on any atom is -0.0772 e. The summed E-state index contributed by atoms with van der Waals surface area (Å²) in [6.07, 6.45) is 3.35. The number of hydrogen-bond acceptors (Lipinski definition) is 1. The first-order valence-electron chi connectivity index (χ1n) is 3.22. The molecule has 0 aromatic carbocycles. The van der Waals surface area contributed by atoms with Crippen molar-refractivity contribution < 1.29 is 4.57 Å². The summed E-state index contributed by atoms with van der Waals surface area (Å²) < 4.78 is 10.3. The van der Waals surface area contributed by atoms with E-state index < -0.39 is 0 Å². The molecule has 2 atom stereocenters. The van der Waals surface area contributed by atoms with E-state index in [1.165, 1.54) is 0 Å². The fourth-order valence-corrected chi connectivity index (χ4v) is 1.27. The van der Waals surface area contributed by atoms with Crippen LogP contribution in [-0.4, -0.2) is 5.66 Å². The van der Waals surface area contributed by atoms with Crippen LogP contribution in [0, 0.1) is 0 Å². The molecule has 2 unspecified atom stereocenters. The van der Waals surface area contributed by atoms with Gasteiger partial charge in [-0.1, -0.05) is 24.8 Å². The lowest BCUT2D eigenvalue weighted by Gasteiger charge is -1.93. The first kappa shape index (κ1) is 8.10. The maximum Gasteiger partial charge on any atom is 0.327 e. The molecule has 0 aromatic heterocycles. The fraction of sp³-hybridized carbons (Fsp3) is 1.00. The smallest absolute Gasteiger partial charge is 0.0772 e. The van der Waals surface area contributed by atoms with Gasteiger partial charge in [0.25, 0.3) is 0 Å². The molecule has 0 rings (SSSR count). The van der Waals surface area contributed by atoms with E-state index in [4.69, 9.17) is 0 Å². The van der Waals surface area contributed by atoms with Gasteiger partial charge in [0.05, 0.1) is 0 Å². The summed E-state index contributed by atoms with van der Waals surface area (Å²) in [5.74, 6) is 0. The topological polar surface area (TPSA) is 17.1 Å². The number of hydrogen-bond donors (Lipinski definition) is 0. The van der Waals surface area contributed by atoms with Crippen molar-refractivity contribution in [2.45, 2.75) is 38.8 Å². The van der Waals surface area contributed by atoms with Crippen molar-refractivity contribution in [1.82, 2.24) is 0 Å². The van der Waals surface area contributed by atoms with Crippen LogP contribution < -0.4 is 0 Å². The molecule has 0 radical (unpaired) electrons. The zero-order chi connectivity index (χ0) is 6.41. The molecule has 48 valence electrons. The maximum absolute atomic E-state index is 10.3. The zero-order valence-electron chi connectivity index (χ0n) is 5.61. The van der Waals surface area contributed by atoms with Crippen molar-refractivity contribution in [2.75, 3.05) is 0 Å². The molecule has 0 bridgehead atoms. The Morgan fingerprint density at radius 2 is 2.12 bits per heavy atom. The highest BCUT2D eigenvalue weighted by atomic mass is 31.1. The van der Waals surface area contributed by atoms with Crippen LogP contribution in [0.3, 0.4) is 0 Å². The molecular weight excluding hydrogens is 119 g/mol. The second-order valence-electron chi connectivity index (χ2n) is 2.01. The molecule has 0 saturated carbocycles. The van der Waals surface area contributed by atoms with Gasteiger partial charge in [-0.2, -0.15) is 0 Å². The van der Waals surface area contributed by atoms with Crippen molar-refractivity contribution in [3.8, 4) is 0 Å². The molecule has 0 saturated heterocycles. The zero-order valence-corrected chi connectivity index (χ0v) is 6.61. The highest BCUT2D eigenvalue weighted by Crippen LogP contribution is 2.15. The molecule has 1 nitrogen and oxygen atoms in total. The van der Waals surface area contributed by atoms with Crippen LogP contribution >= 0.6 is 8.46 Å². The first-order valence-corrected chi connectivity index (χ1v) is 4.21. The predicted molar refractivity (Wildman–Crippen MR) is 38.0 cm³/mol. The van der Waals surface area contributed by atoms with Crippen molar-refractivity contribution in [3.05, 3.63) is 0 Å². The van der Waals surface area contributed by atoms with E-state index in [-0.39, 0.29) is 8.46 Å². The third-order valence-corrected chi connectivity index (χ3v) is 2.33. The van der Waals surface area contributed by atoms with Crippen molar-refractivity contribution >= 4 is 8.46 Å². The van der Waals surface area contributed by atoms with Gasteiger partial charge in [-0.25, -0.2) is 0 Å². The molecule has 0 aliphatic heterocycles. The van der Waals surface area contributed by atoms with Crippen LogP contribution in [-0.2, 0) is 4.57 Å². The standard InChI is InChI=1S/C6H13OP/c1-3-5-6(4-2)8-7/h6H,3-5H2,1-2H3/p+1. The largest absolute Gasteiger partial charge is 0.327 e. The molecule has 0 amide bonds. The summed E-state index contributed by atoms with van der Waals surface area (Å²) in [5.41, 5.74) is 0.472. The average molecular weight is 133 g/mol. The van der Waals surface area contributed by atoms with Gasteiger partial charge in [0.1, 0.15) is 0 Å². The van der Waals surface area contributed by atoms with Crippen LogP contribution in [0.25, 0.3) is 0 Å². The second kappa shape index (κ2) is 5.24. The average Bonchev–Trinajstić information content (AvgIpc) is 1.83. The Kier molecular flexibility index (Phi) is 5.31. The van der Waals surface area contributed by atoms with Crippen molar-refractivity contribution in [3.63, 3.8) is 0 Å². The van der Waals surface area contributed by atoms with Gasteiger partial charge >= 0.3 is 8.46 Å². The van der Waals surface area contributed by atoms with Gasteiger partial charge in [0, 0.05) is 0 Å². The quantitative estimate of drug-likeness (QED) is 0.538.